The van der Waals surface area contributed by atoms with Gasteiger partial charge >= 0.3 is 0 Å². The van der Waals surface area contributed by atoms with Gasteiger partial charge in [-0.2, -0.15) is 4.98 Å². The van der Waals surface area contributed by atoms with Gasteiger partial charge in [0.05, 0.1) is 5.39 Å². The van der Waals surface area contributed by atoms with Crippen molar-refractivity contribution in [3.63, 3.8) is 0 Å². The van der Waals surface area contributed by atoms with Gasteiger partial charge in [0.2, 0.25) is 5.95 Å². The maximum Gasteiger partial charge on any atom is 0.226 e. The van der Waals surface area contributed by atoms with E-state index in [1.807, 2.05) is 0 Å². The van der Waals surface area contributed by atoms with Gasteiger partial charge in [0.1, 0.15) is 10.6 Å². The van der Waals surface area contributed by atoms with Crippen molar-refractivity contribution in [3.8, 4) is 0 Å². The Labute approximate surface area is 129 Å². The van der Waals surface area contributed by atoms with Crippen molar-refractivity contribution in [1.82, 2.24) is 14.9 Å². The maximum absolute atomic E-state index is 4.79. The average Bonchev–Trinajstić information content (AvgIpc) is 3.14. The number of aromatic nitrogens is 2. The summed E-state index contributed by atoms with van der Waals surface area (Å²) in [6, 6.07) is 2.87. The van der Waals surface area contributed by atoms with Crippen LogP contribution in [0.15, 0.2) is 11.4 Å². The summed E-state index contributed by atoms with van der Waals surface area (Å²) in [4.78, 5) is 15.6. The predicted octanol–water partition coefficient (Wildman–Crippen LogP) is 2.41. The number of nitrogens with one attached hydrogen (secondary N) is 1. The van der Waals surface area contributed by atoms with E-state index < -0.39 is 0 Å². The molecule has 0 aliphatic carbocycles. The van der Waals surface area contributed by atoms with Crippen molar-refractivity contribution in [3.05, 3.63) is 11.4 Å². The molecule has 2 aliphatic rings. The largest absolute Gasteiger partial charge is 0.354 e. The highest BCUT2D eigenvalue weighted by molar-refractivity contribution is 7.16. The number of hydrogen-bond donors (Lipinski definition) is 1. The summed E-state index contributed by atoms with van der Waals surface area (Å²) in [5.41, 5.74) is 0. The second-order valence-electron chi connectivity index (χ2n) is 5.82. The lowest BCUT2D eigenvalue weighted by Crippen LogP contribution is -2.50. The molecule has 1 atom stereocenters. The van der Waals surface area contributed by atoms with Gasteiger partial charge in [-0.1, -0.05) is 0 Å². The molecule has 2 aliphatic heterocycles. The predicted molar refractivity (Wildman–Crippen MR) is 88.4 cm³/mol. The standard InChI is InChI=1S/C15H21N5S/c1-2-16-15-17-13(12-5-9-21-14(12)18-15)20-8-7-19-6-3-4-11(19)10-20/h5,9,11H,2-4,6-8,10H2,1H3,(H,16,17,18). The molecule has 6 heteroatoms. The number of piperazine rings is 1. The van der Waals surface area contributed by atoms with Crippen molar-refractivity contribution < 1.29 is 0 Å². The van der Waals surface area contributed by atoms with E-state index in [4.69, 9.17) is 4.98 Å². The Morgan fingerprint density at radius 3 is 3.19 bits per heavy atom. The minimum absolute atomic E-state index is 0.713. The van der Waals surface area contributed by atoms with Crippen LogP contribution >= 0.6 is 11.3 Å². The highest BCUT2D eigenvalue weighted by Gasteiger charge is 2.31. The topological polar surface area (TPSA) is 44.3 Å². The minimum atomic E-state index is 0.713. The van der Waals surface area contributed by atoms with Gasteiger partial charge in [0.15, 0.2) is 0 Å². The molecular weight excluding hydrogens is 282 g/mol. The first-order valence-corrected chi connectivity index (χ1v) is 8.71. The molecule has 2 saturated heterocycles. The lowest BCUT2D eigenvalue weighted by molar-refractivity contribution is 0.230. The van der Waals surface area contributed by atoms with Gasteiger partial charge in [-0.25, -0.2) is 4.98 Å². The zero-order chi connectivity index (χ0) is 14.2. The Bertz CT molecular complexity index is 640. The fraction of sp³-hybridized carbons (Fsp3) is 0.600. The second-order valence-corrected chi connectivity index (χ2v) is 6.71. The van der Waals surface area contributed by atoms with Crippen molar-refractivity contribution in [2.24, 2.45) is 0 Å². The molecular formula is C15H21N5S. The maximum atomic E-state index is 4.79. The molecule has 4 rings (SSSR count). The fourth-order valence-electron chi connectivity index (χ4n) is 3.50. The summed E-state index contributed by atoms with van der Waals surface area (Å²) >= 11 is 1.70. The zero-order valence-electron chi connectivity index (χ0n) is 12.4. The first-order valence-electron chi connectivity index (χ1n) is 7.83. The van der Waals surface area contributed by atoms with Crippen LogP contribution in [-0.2, 0) is 0 Å². The van der Waals surface area contributed by atoms with Gasteiger partial charge < -0.3 is 10.2 Å². The van der Waals surface area contributed by atoms with E-state index in [-0.39, 0.29) is 0 Å². The van der Waals surface area contributed by atoms with Gasteiger partial charge in [0, 0.05) is 32.2 Å². The second kappa shape index (κ2) is 5.42. The van der Waals surface area contributed by atoms with E-state index >= 15 is 0 Å². The van der Waals surface area contributed by atoms with E-state index in [0.29, 0.717) is 6.04 Å². The molecule has 0 amide bonds. The van der Waals surface area contributed by atoms with Crippen molar-refractivity contribution >= 4 is 33.3 Å². The molecule has 0 spiro atoms. The summed E-state index contributed by atoms with van der Waals surface area (Å²) in [7, 11) is 0. The van der Waals surface area contributed by atoms with Gasteiger partial charge in [-0.05, 0) is 37.8 Å². The zero-order valence-corrected chi connectivity index (χ0v) is 13.2. The van der Waals surface area contributed by atoms with Crippen LogP contribution in [0.1, 0.15) is 19.8 Å². The molecule has 1 N–H and O–H groups in total. The molecule has 112 valence electrons. The average molecular weight is 303 g/mol. The molecule has 2 aromatic rings. The van der Waals surface area contributed by atoms with E-state index in [1.165, 1.54) is 24.8 Å². The van der Waals surface area contributed by atoms with E-state index in [9.17, 15) is 0 Å². The third-order valence-electron chi connectivity index (χ3n) is 4.53. The number of fused-ring (bicyclic) bond motifs is 2. The molecule has 5 nitrogen and oxygen atoms in total. The van der Waals surface area contributed by atoms with Crippen LogP contribution in [-0.4, -0.2) is 53.6 Å². The molecule has 0 saturated carbocycles. The van der Waals surface area contributed by atoms with Gasteiger partial charge in [0.25, 0.3) is 0 Å². The quantitative estimate of drug-likeness (QED) is 0.943. The van der Waals surface area contributed by atoms with E-state index in [2.05, 4.69) is 38.5 Å². The molecule has 2 aromatic heterocycles. The Kier molecular flexibility index (Phi) is 3.43. The highest BCUT2D eigenvalue weighted by atomic mass is 32.1. The SMILES string of the molecule is CCNc1nc(N2CCN3CCCC3C2)c2ccsc2n1. The lowest BCUT2D eigenvalue weighted by Gasteiger charge is -2.38. The van der Waals surface area contributed by atoms with Crippen molar-refractivity contribution in [2.45, 2.75) is 25.8 Å². The molecule has 0 bridgehead atoms. The van der Waals surface area contributed by atoms with E-state index in [1.54, 1.807) is 11.3 Å². The molecule has 0 radical (unpaired) electrons. The van der Waals surface area contributed by atoms with Crippen LogP contribution in [0, 0.1) is 0 Å². The van der Waals surface area contributed by atoms with Crippen molar-refractivity contribution in [1.29, 1.82) is 0 Å². The summed E-state index contributed by atoms with van der Waals surface area (Å²) in [5.74, 6) is 1.88. The van der Waals surface area contributed by atoms with Crippen LogP contribution in [0.2, 0.25) is 0 Å². The highest BCUT2D eigenvalue weighted by Crippen LogP contribution is 2.32. The normalized spacial score (nSPS) is 22.7. The monoisotopic (exact) mass is 303 g/mol. The Morgan fingerprint density at radius 1 is 1.33 bits per heavy atom. The summed E-state index contributed by atoms with van der Waals surface area (Å²) in [5, 5.41) is 6.58. The molecule has 1 unspecified atom stereocenters. The van der Waals surface area contributed by atoms with E-state index in [0.717, 1.165) is 42.8 Å². The Morgan fingerprint density at radius 2 is 2.29 bits per heavy atom. The first-order chi connectivity index (χ1) is 10.3. The number of nitrogens with zero attached hydrogens (tertiary/aromatic N) is 4. The van der Waals surface area contributed by atoms with Crippen molar-refractivity contribution in [2.75, 3.05) is 42.9 Å². The van der Waals surface area contributed by atoms with Crippen LogP contribution in [0.4, 0.5) is 11.8 Å². The number of rotatable bonds is 3. The van der Waals surface area contributed by atoms with Crippen LogP contribution in [0.3, 0.4) is 0 Å². The molecule has 0 aromatic carbocycles. The van der Waals surface area contributed by atoms with Gasteiger partial charge in [-0.15, -0.1) is 11.3 Å². The van der Waals surface area contributed by atoms with Crippen LogP contribution < -0.4 is 10.2 Å². The number of anilines is 2. The molecule has 21 heavy (non-hydrogen) atoms. The fourth-order valence-corrected chi connectivity index (χ4v) is 4.26. The van der Waals surface area contributed by atoms with Crippen LogP contribution in [0.25, 0.3) is 10.2 Å². The third kappa shape index (κ3) is 2.36. The first kappa shape index (κ1) is 13.3. The minimum Gasteiger partial charge on any atom is -0.354 e. The lowest BCUT2D eigenvalue weighted by atomic mass is 10.1. The Hall–Kier alpha value is -1.40. The Balaban J connectivity index is 1.69. The third-order valence-corrected chi connectivity index (χ3v) is 5.33. The number of hydrogen-bond acceptors (Lipinski definition) is 6. The summed E-state index contributed by atoms with van der Waals surface area (Å²) in [6.07, 6.45) is 2.67. The van der Waals surface area contributed by atoms with Gasteiger partial charge in [-0.3, -0.25) is 4.90 Å². The summed E-state index contributed by atoms with van der Waals surface area (Å²) < 4.78 is 0. The smallest absolute Gasteiger partial charge is 0.226 e. The summed E-state index contributed by atoms with van der Waals surface area (Å²) in [6.45, 7) is 7.55. The molecule has 4 heterocycles. The van der Waals surface area contributed by atoms with Crippen LogP contribution in [0.5, 0.6) is 0 Å². The molecule has 2 fully saturated rings. The number of thiophene rings is 1.